The molecule has 116 valence electrons. The minimum atomic E-state index is -0.768. The molecular formula is C13H16Cl2N2O4. The number of halogens is 2. The molecule has 1 N–H and O–H groups in total. The molecule has 1 aromatic rings. The molecule has 0 aliphatic rings. The van der Waals surface area contributed by atoms with E-state index in [4.69, 9.17) is 27.9 Å². The first-order chi connectivity index (χ1) is 9.94. The van der Waals surface area contributed by atoms with Gasteiger partial charge in [0, 0.05) is 17.8 Å². The van der Waals surface area contributed by atoms with Gasteiger partial charge in [0.25, 0.3) is 5.91 Å². The number of hydrogen-bond donors (Lipinski definition) is 1. The van der Waals surface area contributed by atoms with Crippen molar-refractivity contribution in [3.8, 4) is 5.75 Å². The van der Waals surface area contributed by atoms with Crippen LogP contribution in [0.15, 0.2) is 18.2 Å². The Morgan fingerprint density at radius 3 is 2.48 bits per heavy atom. The number of nitrogens with one attached hydrogen (secondary N) is 1. The number of nitro benzene ring substituents is 1. The van der Waals surface area contributed by atoms with E-state index in [9.17, 15) is 14.9 Å². The van der Waals surface area contributed by atoms with Crippen LogP contribution in [0.25, 0.3) is 0 Å². The van der Waals surface area contributed by atoms with Gasteiger partial charge in [0.1, 0.15) is 0 Å². The van der Waals surface area contributed by atoms with E-state index in [2.05, 4.69) is 5.32 Å². The third-order valence-corrected chi connectivity index (χ3v) is 4.23. The Morgan fingerprint density at radius 1 is 1.43 bits per heavy atom. The summed E-state index contributed by atoms with van der Waals surface area (Å²) in [5.41, 5.74) is -0.973. The van der Waals surface area contributed by atoms with Gasteiger partial charge >= 0.3 is 5.69 Å². The Morgan fingerprint density at radius 2 is 2.05 bits per heavy atom. The Balaban J connectivity index is 3.19. The fourth-order valence-electron chi connectivity index (χ4n) is 1.75. The number of benzene rings is 1. The average Bonchev–Trinajstić information content (AvgIpc) is 2.51. The highest BCUT2D eigenvalue weighted by Crippen LogP contribution is 2.31. The topological polar surface area (TPSA) is 81.5 Å². The van der Waals surface area contributed by atoms with Crippen molar-refractivity contribution < 1.29 is 14.5 Å². The van der Waals surface area contributed by atoms with Gasteiger partial charge in [-0.1, -0.05) is 13.0 Å². The van der Waals surface area contributed by atoms with Crippen LogP contribution in [0.5, 0.6) is 5.75 Å². The molecule has 0 atom stereocenters. The number of nitrogens with zero attached hydrogens (tertiary/aromatic N) is 1. The molecule has 0 aliphatic heterocycles. The monoisotopic (exact) mass is 334 g/mol. The van der Waals surface area contributed by atoms with E-state index in [1.165, 1.54) is 25.3 Å². The summed E-state index contributed by atoms with van der Waals surface area (Å²) in [4.78, 5) is 22.7. The lowest BCUT2D eigenvalue weighted by molar-refractivity contribution is -0.385. The predicted octanol–water partition coefficient (Wildman–Crippen LogP) is 2.96. The fraction of sp³-hybridized carbons (Fsp3) is 0.462. The van der Waals surface area contributed by atoms with Crippen LogP contribution < -0.4 is 10.1 Å². The number of nitro groups is 1. The van der Waals surface area contributed by atoms with Crippen molar-refractivity contribution in [2.75, 3.05) is 18.9 Å². The molecular weight excluding hydrogens is 319 g/mol. The van der Waals surface area contributed by atoms with Gasteiger partial charge in [-0.2, -0.15) is 0 Å². The summed E-state index contributed by atoms with van der Waals surface area (Å²) in [6, 6.07) is 4.14. The molecule has 0 heterocycles. The molecule has 0 saturated carbocycles. The smallest absolute Gasteiger partial charge is 0.311 e. The van der Waals surface area contributed by atoms with Crippen LogP contribution in [-0.4, -0.2) is 35.2 Å². The summed E-state index contributed by atoms with van der Waals surface area (Å²) in [6.07, 6.45) is 0.531. The van der Waals surface area contributed by atoms with E-state index in [1.807, 2.05) is 6.92 Å². The summed E-state index contributed by atoms with van der Waals surface area (Å²) in [5, 5.41) is 13.7. The molecule has 21 heavy (non-hydrogen) atoms. The zero-order valence-electron chi connectivity index (χ0n) is 11.7. The van der Waals surface area contributed by atoms with Crippen LogP contribution in [-0.2, 0) is 0 Å². The van der Waals surface area contributed by atoms with Gasteiger partial charge in [-0.3, -0.25) is 14.9 Å². The Kier molecular flexibility index (Phi) is 6.23. The van der Waals surface area contributed by atoms with Gasteiger partial charge in [0.15, 0.2) is 0 Å². The second-order valence-electron chi connectivity index (χ2n) is 4.47. The van der Waals surface area contributed by atoms with Crippen molar-refractivity contribution in [1.82, 2.24) is 5.32 Å². The third-order valence-electron chi connectivity index (χ3n) is 3.21. The van der Waals surface area contributed by atoms with Gasteiger partial charge in [-0.25, -0.2) is 0 Å². The highest BCUT2D eigenvalue weighted by Gasteiger charge is 2.31. The largest absolute Gasteiger partial charge is 0.490 e. The number of carbonyl (C=O) groups excluding carboxylic acids is 1. The van der Waals surface area contributed by atoms with Gasteiger partial charge in [-0.05, 0) is 12.5 Å². The van der Waals surface area contributed by atoms with Crippen molar-refractivity contribution in [2.45, 2.75) is 18.9 Å². The third kappa shape index (κ3) is 3.77. The summed E-state index contributed by atoms with van der Waals surface area (Å²) < 4.78 is 5.01. The predicted molar refractivity (Wildman–Crippen MR) is 81.6 cm³/mol. The Bertz CT molecular complexity index is 525. The lowest BCUT2D eigenvalue weighted by Gasteiger charge is -2.29. The molecule has 1 aromatic carbocycles. The molecule has 0 fully saturated rings. The molecule has 0 spiro atoms. The van der Waals surface area contributed by atoms with Crippen molar-refractivity contribution in [3.05, 3.63) is 33.9 Å². The summed E-state index contributed by atoms with van der Waals surface area (Å²) in [6.45, 7) is 1.84. The van der Waals surface area contributed by atoms with E-state index in [1.54, 1.807) is 0 Å². The summed E-state index contributed by atoms with van der Waals surface area (Å²) in [5.74, 6) is -0.334. The molecule has 0 radical (unpaired) electrons. The highest BCUT2D eigenvalue weighted by atomic mass is 35.5. The minimum absolute atomic E-state index is 0.0692. The van der Waals surface area contributed by atoms with Crippen LogP contribution in [0.3, 0.4) is 0 Å². The number of amides is 1. The molecule has 1 rings (SSSR count). The molecule has 6 nitrogen and oxygen atoms in total. The molecule has 1 amide bonds. The number of carbonyl (C=O) groups is 1. The van der Waals surface area contributed by atoms with E-state index < -0.39 is 16.4 Å². The summed E-state index contributed by atoms with van der Waals surface area (Å²) >= 11 is 11.7. The minimum Gasteiger partial charge on any atom is -0.490 e. The van der Waals surface area contributed by atoms with Crippen LogP contribution in [0.1, 0.15) is 23.7 Å². The highest BCUT2D eigenvalue weighted by molar-refractivity contribution is 6.22. The average molecular weight is 335 g/mol. The number of alkyl halides is 2. The zero-order chi connectivity index (χ0) is 16.0. The normalized spacial score (nSPS) is 11.0. The van der Waals surface area contributed by atoms with Gasteiger partial charge in [-0.15, -0.1) is 23.2 Å². The van der Waals surface area contributed by atoms with Crippen LogP contribution in [0, 0.1) is 10.1 Å². The maximum absolute atomic E-state index is 12.4. The van der Waals surface area contributed by atoms with Gasteiger partial charge in [0.05, 0.1) is 23.1 Å². The molecule has 0 unspecified atom stereocenters. The Hall–Kier alpha value is -1.53. The maximum Gasteiger partial charge on any atom is 0.311 e. The molecule has 0 bridgehead atoms. The number of hydrogen-bond acceptors (Lipinski definition) is 4. The van der Waals surface area contributed by atoms with Crippen molar-refractivity contribution in [2.24, 2.45) is 0 Å². The number of ether oxygens (including phenoxy) is 1. The molecule has 8 heteroatoms. The standard InChI is InChI=1S/C13H16Cl2N2O4/c1-3-13(7-14,8-15)16-12(18)9-5-4-6-10(17(19)20)11(9)21-2/h4-6H,3,7-8H2,1-2H3,(H,16,18). The van der Waals surface area contributed by atoms with E-state index in [-0.39, 0.29) is 28.8 Å². The number of methoxy groups -OCH3 is 1. The molecule has 0 saturated heterocycles. The number of rotatable bonds is 7. The van der Waals surface area contributed by atoms with Crippen LogP contribution in [0.2, 0.25) is 0 Å². The first kappa shape index (κ1) is 17.5. The lowest BCUT2D eigenvalue weighted by atomic mass is 10.0. The first-order valence-corrected chi connectivity index (χ1v) is 7.27. The van der Waals surface area contributed by atoms with E-state index in [0.717, 1.165) is 0 Å². The first-order valence-electron chi connectivity index (χ1n) is 6.20. The van der Waals surface area contributed by atoms with Gasteiger partial charge < -0.3 is 10.1 Å². The maximum atomic E-state index is 12.4. The van der Waals surface area contributed by atoms with Crippen LogP contribution in [0.4, 0.5) is 5.69 Å². The van der Waals surface area contributed by atoms with E-state index in [0.29, 0.717) is 6.42 Å². The van der Waals surface area contributed by atoms with Crippen molar-refractivity contribution >= 4 is 34.8 Å². The fourth-order valence-corrected chi connectivity index (χ4v) is 2.55. The lowest BCUT2D eigenvalue weighted by Crippen LogP contribution is -2.51. The van der Waals surface area contributed by atoms with Crippen molar-refractivity contribution in [3.63, 3.8) is 0 Å². The quantitative estimate of drug-likeness (QED) is 0.472. The zero-order valence-corrected chi connectivity index (χ0v) is 13.2. The SMILES string of the molecule is CCC(CCl)(CCl)NC(=O)c1cccc([N+](=O)[O-])c1OC. The van der Waals surface area contributed by atoms with Crippen LogP contribution >= 0.6 is 23.2 Å². The molecule has 0 aliphatic carbocycles. The summed E-state index contributed by atoms with van der Waals surface area (Å²) in [7, 11) is 1.27. The second-order valence-corrected chi connectivity index (χ2v) is 5.00. The molecule has 0 aromatic heterocycles. The van der Waals surface area contributed by atoms with E-state index >= 15 is 0 Å². The number of para-hydroxylation sites is 1. The van der Waals surface area contributed by atoms with Gasteiger partial charge in [0.2, 0.25) is 5.75 Å². The second kappa shape index (κ2) is 7.47. The Labute approximate surface area is 132 Å². The van der Waals surface area contributed by atoms with Crippen molar-refractivity contribution in [1.29, 1.82) is 0 Å².